The van der Waals surface area contributed by atoms with Crippen LogP contribution in [0.15, 0.2) is 67.3 Å². The lowest BCUT2D eigenvalue weighted by Gasteiger charge is -2.32. The number of hydrogen-bond acceptors (Lipinski definition) is 3. The topological polar surface area (TPSA) is 74.7 Å². The molecular weight excluding hydrogens is 398 g/mol. The van der Waals surface area contributed by atoms with Gasteiger partial charge >= 0.3 is 5.97 Å². The standard InChI is InChI=1S/C16H21NO4S.C8H10/c1-2-9-22(20,21)17-8-4-7-15(12-17)14-6-3-5-13(10-14)11-16(18)19;1-2-8-6-4-3-5-7-8/h2-3,5-6,10,15H,1,4,7-9,11-12H2,(H,18,19);3-7H,2H2,1H3. The molecule has 5 nitrogen and oxygen atoms in total. The normalized spacial score (nSPS) is 16.9. The molecule has 0 radical (unpaired) electrons. The minimum atomic E-state index is -3.28. The third-order valence-corrected chi connectivity index (χ3v) is 6.91. The van der Waals surface area contributed by atoms with Gasteiger partial charge in [0.25, 0.3) is 0 Å². The summed E-state index contributed by atoms with van der Waals surface area (Å²) in [6, 6.07) is 17.9. The van der Waals surface area contributed by atoms with Crippen molar-refractivity contribution in [1.82, 2.24) is 4.31 Å². The summed E-state index contributed by atoms with van der Waals surface area (Å²) in [7, 11) is -3.28. The lowest BCUT2D eigenvalue weighted by molar-refractivity contribution is -0.136. The van der Waals surface area contributed by atoms with Crippen LogP contribution in [0, 0.1) is 0 Å². The fourth-order valence-electron chi connectivity index (χ4n) is 3.57. The molecule has 0 spiro atoms. The number of benzene rings is 2. The minimum absolute atomic E-state index is 0.0148. The SMILES string of the molecule is C=CCS(=O)(=O)N1CCCC(c2cccc(CC(=O)O)c2)C1.CCc1ccccc1. The highest BCUT2D eigenvalue weighted by Crippen LogP contribution is 2.29. The van der Waals surface area contributed by atoms with Crippen molar-refractivity contribution in [3.05, 3.63) is 83.9 Å². The molecule has 1 N–H and O–H groups in total. The molecule has 1 atom stereocenters. The fraction of sp³-hybridized carbons (Fsp3) is 0.375. The second kappa shape index (κ2) is 11.7. The summed E-state index contributed by atoms with van der Waals surface area (Å²) in [6.45, 7) is 6.65. The van der Waals surface area contributed by atoms with E-state index in [1.807, 2.05) is 24.3 Å². The number of carboxylic acid groups (broad SMARTS) is 1. The largest absolute Gasteiger partial charge is 0.481 e. The number of aliphatic carboxylic acids is 1. The molecule has 0 bridgehead atoms. The number of sulfonamides is 1. The maximum Gasteiger partial charge on any atom is 0.307 e. The van der Waals surface area contributed by atoms with E-state index in [2.05, 4.69) is 37.8 Å². The third-order valence-electron chi connectivity index (χ3n) is 5.13. The molecule has 1 aliphatic rings. The van der Waals surface area contributed by atoms with Crippen molar-refractivity contribution in [3.8, 4) is 0 Å². The monoisotopic (exact) mass is 429 g/mol. The molecule has 6 heteroatoms. The van der Waals surface area contributed by atoms with E-state index < -0.39 is 16.0 Å². The van der Waals surface area contributed by atoms with Crippen LogP contribution in [0.2, 0.25) is 0 Å². The first-order valence-electron chi connectivity index (χ1n) is 10.3. The van der Waals surface area contributed by atoms with Crippen LogP contribution < -0.4 is 0 Å². The van der Waals surface area contributed by atoms with Gasteiger partial charge in [-0.1, -0.05) is 67.6 Å². The van der Waals surface area contributed by atoms with Gasteiger partial charge in [0.1, 0.15) is 0 Å². The maximum atomic E-state index is 12.2. The predicted octanol–water partition coefficient (Wildman–Crippen LogP) is 4.26. The number of carboxylic acids is 1. The van der Waals surface area contributed by atoms with Crippen molar-refractivity contribution >= 4 is 16.0 Å². The van der Waals surface area contributed by atoms with E-state index in [9.17, 15) is 13.2 Å². The molecule has 0 saturated carbocycles. The number of carbonyl (C=O) groups is 1. The number of hydrogen-bond donors (Lipinski definition) is 1. The summed E-state index contributed by atoms with van der Waals surface area (Å²) in [5.74, 6) is -0.795. The molecule has 3 rings (SSSR count). The van der Waals surface area contributed by atoms with E-state index in [1.54, 1.807) is 6.07 Å². The number of rotatable bonds is 7. The average molecular weight is 430 g/mol. The first kappa shape index (κ1) is 23.8. The van der Waals surface area contributed by atoms with E-state index in [1.165, 1.54) is 15.9 Å². The first-order valence-corrected chi connectivity index (χ1v) is 11.9. The zero-order valence-electron chi connectivity index (χ0n) is 17.5. The lowest BCUT2D eigenvalue weighted by atomic mass is 9.90. The van der Waals surface area contributed by atoms with Gasteiger partial charge in [0, 0.05) is 13.1 Å². The molecule has 1 unspecified atom stereocenters. The summed E-state index contributed by atoms with van der Waals surface area (Å²) in [4.78, 5) is 10.8. The molecule has 0 amide bonds. The molecule has 162 valence electrons. The summed E-state index contributed by atoms with van der Waals surface area (Å²) >= 11 is 0. The Balaban J connectivity index is 0.000000335. The van der Waals surface area contributed by atoms with Crippen molar-refractivity contribution < 1.29 is 18.3 Å². The van der Waals surface area contributed by atoms with Crippen molar-refractivity contribution in [2.45, 2.75) is 38.5 Å². The third kappa shape index (κ3) is 7.43. The number of nitrogens with zero attached hydrogens (tertiary/aromatic N) is 1. The van der Waals surface area contributed by atoms with Gasteiger partial charge in [-0.25, -0.2) is 12.7 Å². The predicted molar refractivity (Wildman–Crippen MR) is 121 cm³/mol. The zero-order valence-corrected chi connectivity index (χ0v) is 18.4. The number of aryl methyl sites for hydroxylation is 1. The first-order chi connectivity index (χ1) is 14.4. The molecule has 2 aromatic rings. The smallest absolute Gasteiger partial charge is 0.307 e. The molecule has 2 aromatic carbocycles. The highest BCUT2D eigenvalue weighted by Gasteiger charge is 2.28. The second-order valence-corrected chi connectivity index (χ2v) is 9.43. The van der Waals surface area contributed by atoms with Gasteiger partial charge in [0.2, 0.25) is 10.0 Å². The van der Waals surface area contributed by atoms with Crippen molar-refractivity contribution in [2.24, 2.45) is 0 Å². The van der Waals surface area contributed by atoms with Crippen LogP contribution in [0.4, 0.5) is 0 Å². The Bertz CT molecular complexity index is 925. The van der Waals surface area contributed by atoms with E-state index >= 15 is 0 Å². The quantitative estimate of drug-likeness (QED) is 0.668. The van der Waals surface area contributed by atoms with Crippen LogP contribution in [0.3, 0.4) is 0 Å². The summed E-state index contributed by atoms with van der Waals surface area (Å²) < 4.78 is 25.8. The van der Waals surface area contributed by atoms with Gasteiger partial charge in [-0.3, -0.25) is 4.79 Å². The Hall–Kier alpha value is -2.44. The highest BCUT2D eigenvalue weighted by atomic mass is 32.2. The Labute approximate surface area is 180 Å². The number of piperidine rings is 1. The minimum Gasteiger partial charge on any atom is -0.481 e. The maximum absolute atomic E-state index is 12.2. The summed E-state index contributed by atoms with van der Waals surface area (Å²) in [6.07, 6.45) is 4.26. The molecule has 1 aliphatic heterocycles. The molecule has 0 aliphatic carbocycles. The van der Waals surface area contributed by atoms with Gasteiger partial charge in [0.15, 0.2) is 0 Å². The average Bonchev–Trinajstić information content (AvgIpc) is 2.74. The Morgan fingerprint density at radius 1 is 1.17 bits per heavy atom. The van der Waals surface area contributed by atoms with Crippen LogP contribution >= 0.6 is 0 Å². The molecular formula is C24H31NO4S. The van der Waals surface area contributed by atoms with Gasteiger partial charge in [-0.15, -0.1) is 6.58 Å². The zero-order chi connectivity index (χ0) is 22.0. The summed E-state index contributed by atoms with van der Waals surface area (Å²) in [5, 5.41) is 8.88. The van der Waals surface area contributed by atoms with Crippen molar-refractivity contribution in [3.63, 3.8) is 0 Å². The van der Waals surface area contributed by atoms with Crippen molar-refractivity contribution in [2.75, 3.05) is 18.8 Å². The van der Waals surface area contributed by atoms with E-state index in [4.69, 9.17) is 5.11 Å². The van der Waals surface area contributed by atoms with Gasteiger partial charge in [0.05, 0.1) is 12.2 Å². The van der Waals surface area contributed by atoms with Gasteiger partial charge in [-0.2, -0.15) is 0 Å². The van der Waals surface area contributed by atoms with Gasteiger partial charge < -0.3 is 5.11 Å². The van der Waals surface area contributed by atoms with E-state index in [-0.39, 0.29) is 18.1 Å². The highest BCUT2D eigenvalue weighted by molar-refractivity contribution is 7.89. The van der Waals surface area contributed by atoms with E-state index in [0.29, 0.717) is 13.1 Å². The Kier molecular flexibility index (Phi) is 9.27. The van der Waals surface area contributed by atoms with Gasteiger partial charge in [-0.05, 0) is 41.9 Å². The molecule has 0 aromatic heterocycles. The van der Waals surface area contributed by atoms with Crippen LogP contribution in [-0.4, -0.2) is 42.6 Å². The van der Waals surface area contributed by atoms with E-state index in [0.717, 1.165) is 30.4 Å². The Morgan fingerprint density at radius 3 is 2.47 bits per heavy atom. The van der Waals surface area contributed by atoms with Crippen LogP contribution in [0.25, 0.3) is 0 Å². The Morgan fingerprint density at radius 2 is 1.87 bits per heavy atom. The molecule has 30 heavy (non-hydrogen) atoms. The van der Waals surface area contributed by atoms with Crippen LogP contribution in [0.5, 0.6) is 0 Å². The second-order valence-electron chi connectivity index (χ2n) is 7.42. The summed E-state index contributed by atoms with van der Waals surface area (Å²) in [5.41, 5.74) is 3.17. The van der Waals surface area contributed by atoms with Crippen LogP contribution in [0.1, 0.15) is 42.4 Å². The lowest BCUT2D eigenvalue weighted by Crippen LogP contribution is -2.40. The molecule has 1 fully saturated rings. The molecule has 1 heterocycles. The molecule has 1 saturated heterocycles. The van der Waals surface area contributed by atoms with Crippen LogP contribution in [-0.2, 0) is 27.7 Å². The fourth-order valence-corrected chi connectivity index (χ4v) is 4.89. The van der Waals surface area contributed by atoms with Crippen molar-refractivity contribution in [1.29, 1.82) is 0 Å².